The maximum atomic E-state index is 10.9. The molecule has 1 aromatic carbocycles. The normalized spacial score (nSPS) is 10.5. The number of rotatable bonds is 6. The van der Waals surface area contributed by atoms with Crippen molar-refractivity contribution in [2.45, 2.75) is 26.4 Å². The van der Waals surface area contributed by atoms with Crippen molar-refractivity contribution in [1.29, 1.82) is 5.26 Å². The van der Waals surface area contributed by atoms with E-state index < -0.39 is 5.97 Å². The Hall–Kier alpha value is -2.06. The Morgan fingerprint density at radius 3 is 2.68 bits per heavy atom. The molecule has 5 heteroatoms. The van der Waals surface area contributed by atoms with Gasteiger partial charge < -0.3 is 9.84 Å². The highest BCUT2D eigenvalue weighted by molar-refractivity contribution is 5.69. The fraction of sp³-hybridized carbons (Fsp3) is 0.429. The molecule has 0 aromatic heterocycles. The number of benzene rings is 1. The van der Waals surface area contributed by atoms with Crippen LogP contribution in [0.1, 0.15) is 25.0 Å². The van der Waals surface area contributed by atoms with E-state index in [1.165, 1.54) is 0 Å². The summed E-state index contributed by atoms with van der Waals surface area (Å²) < 4.78 is 5.25. The number of carboxylic acid groups (broad SMARTS) is 1. The third kappa shape index (κ3) is 4.27. The number of carbonyl (C=O) groups is 1. The van der Waals surface area contributed by atoms with Gasteiger partial charge in [0.15, 0.2) is 0 Å². The minimum atomic E-state index is -0.871. The Labute approximate surface area is 113 Å². The molecule has 0 aliphatic heterocycles. The Kier molecular flexibility index (Phi) is 5.34. The van der Waals surface area contributed by atoms with Crippen molar-refractivity contribution in [3.8, 4) is 11.8 Å². The van der Waals surface area contributed by atoms with Crippen molar-refractivity contribution in [2.24, 2.45) is 0 Å². The molecule has 19 heavy (non-hydrogen) atoms. The lowest BCUT2D eigenvalue weighted by molar-refractivity contribution is -0.138. The first-order valence-corrected chi connectivity index (χ1v) is 6.00. The second kappa shape index (κ2) is 6.76. The predicted molar refractivity (Wildman–Crippen MR) is 70.9 cm³/mol. The van der Waals surface area contributed by atoms with Gasteiger partial charge in [-0.2, -0.15) is 5.26 Å². The molecule has 0 aliphatic carbocycles. The molecule has 0 radical (unpaired) electrons. The maximum absolute atomic E-state index is 10.9. The fourth-order valence-electron chi connectivity index (χ4n) is 1.79. The number of hydrogen-bond acceptors (Lipinski definition) is 4. The van der Waals surface area contributed by atoms with Crippen molar-refractivity contribution in [1.82, 2.24) is 4.90 Å². The average Bonchev–Trinajstić information content (AvgIpc) is 2.37. The molecule has 1 aromatic rings. The third-order valence-corrected chi connectivity index (χ3v) is 2.85. The van der Waals surface area contributed by atoms with Gasteiger partial charge >= 0.3 is 5.97 Å². The molecule has 0 amide bonds. The number of nitrogens with zero attached hydrogens (tertiary/aromatic N) is 2. The SMILES string of the molecule is COc1ccc(C#N)cc1CN(CC(=O)O)C(C)C. The summed E-state index contributed by atoms with van der Waals surface area (Å²) in [6.07, 6.45) is 0. The lowest BCUT2D eigenvalue weighted by atomic mass is 10.1. The molecular weight excluding hydrogens is 244 g/mol. The number of carboxylic acids is 1. The van der Waals surface area contributed by atoms with Crippen molar-refractivity contribution in [2.75, 3.05) is 13.7 Å². The molecule has 0 spiro atoms. The standard InChI is InChI=1S/C14H18N2O3/c1-10(2)16(9-14(17)18)8-12-6-11(7-15)4-5-13(12)19-3/h4-6,10H,8-9H2,1-3H3,(H,17,18). The van der Waals surface area contributed by atoms with Gasteiger partial charge in [-0.15, -0.1) is 0 Å². The van der Waals surface area contributed by atoms with Gasteiger partial charge in [0.2, 0.25) is 0 Å². The van der Waals surface area contributed by atoms with Gasteiger partial charge in [0, 0.05) is 18.2 Å². The molecule has 0 atom stereocenters. The second-order valence-electron chi connectivity index (χ2n) is 4.53. The van der Waals surface area contributed by atoms with Gasteiger partial charge in [0.25, 0.3) is 0 Å². The van der Waals surface area contributed by atoms with Crippen LogP contribution in [-0.2, 0) is 11.3 Å². The molecule has 0 aliphatic rings. The summed E-state index contributed by atoms with van der Waals surface area (Å²) in [4.78, 5) is 12.7. The van der Waals surface area contributed by atoms with E-state index in [-0.39, 0.29) is 12.6 Å². The van der Waals surface area contributed by atoms with Crippen LogP contribution in [0, 0.1) is 11.3 Å². The summed E-state index contributed by atoms with van der Waals surface area (Å²) in [7, 11) is 1.56. The summed E-state index contributed by atoms with van der Waals surface area (Å²) in [5, 5.41) is 17.8. The van der Waals surface area contributed by atoms with E-state index in [0.29, 0.717) is 17.9 Å². The molecular formula is C14H18N2O3. The summed E-state index contributed by atoms with van der Waals surface area (Å²) in [5.74, 6) is -0.209. The average molecular weight is 262 g/mol. The van der Waals surface area contributed by atoms with Crippen LogP contribution in [0.5, 0.6) is 5.75 Å². The fourth-order valence-corrected chi connectivity index (χ4v) is 1.79. The molecule has 0 unspecified atom stereocenters. The van der Waals surface area contributed by atoms with Gasteiger partial charge in [-0.1, -0.05) is 0 Å². The minimum absolute atomic E-state index is 0.0440. The molecule has 1 rings (SSSR count). The zero-order chi connectivity index (χ0) is 14.4. The van der Waals surface area contributed by atoms with Crippen molar-refractivity contribution < 1.29 is 14.6 Å². The smallest absolute Gasteiger partial charge is 0.317 e. The molecule has 5 nitrogen and oxygen atoms in total. The van der Waals surface area contributed by atoms with E-state index >= 15 is 0 Å². The number of nitriles is 1. The molecule has 0 bridgehead atoms. The zero-order valence-electron chi connectivity index (χ0n) is 11.4. The van der Waals surface area contributed by atoms with Crippen molar-refractivity contribution in [3.05, 3.63) is 29.3 Å². The van der Waals surface area contributed by atoms with Crippen LogP contribution in [0.2, 0.25) is 0 Å². The molecule has 0 saturated carbocycles. The van der Waals surface area contributed by atoms with Gasteiger partial charge in [-0.3, -0.25) is 9.69 Å². The van der Waals surface area contributed by atoms with Crippen molar-refractivity contribution >= 4 is 5.97 Å². The first-order valence-electron chi connectivity index (χ1n) is 6.00. The third-order valence-electron chi connectivity index (χ3n) is 2.85. The molecule has 0 fully saturated rings. The quantitative estimate of drug-likeness (QED) is 0.847. The van der Waals surface area contributed by atoms with Gasteiger partial charge in [-0.05, 0) is 32.0 Å². The van der Waals surface area contributed by atoms with E-state index in [1.54, 1.807) is 30.2 Å². The Bertz CT molecular complexity index is 492. The predicted octanol–water partition coefficient (Wildman–Crippen LogP) is 1.86. The lowest BCUT2D eigenvalue weighted by Gasteiger charge is -2.25. The summed E-state index contributed by atoms with van der Waals surface area (Å²) in [5.41, 5.74) is 1.35. The van der Waals surface area contributed by atoms with Crippen LogP contribution in [-0.4, -0.2) is 35.7 Å². The molecule has 0 saturated heterocycles. The first-order chi connectivity index (χ1) is 8.97. The van der Waals surface area contributed by atoms with Crippen LogP contribution in [0.15, 0.2) is 18.2 Å². The maximum Gasteiger partial charge on any atom is 0.317 e. The Morgan fingerprint density at radius 2 is 2.21 bits per heavy atom. The van der Waals surface area contributed by atoms with E-state index in [1.807, 2.05) is 13.8 Å². The summed E-state index contributed by atoms with van der Waals surface area (Å²) >= 11 is 0. The number of aliphatic carboxylic acids is 1. The highest BCUT2D eigenvalue weighted by Gasteiger charge is 2.16. The summed E-state index contributed by atoms with van der Waals surface area (Å²) in [6, 6.07) is 7.30. The topological polar surface area (TPSA) is 73.6 Å². The molecule has 1 N–H and O–H groups in total. The minimum Gasteiger partial charge on any atom is -0.496 e. The van der Waals surface area contributed by atoms with Crippen LogP contribution >= 0.6 is 0 Å². The van der Waals surface area contributed by atoms with Crippen LogP contribution < -0.4 is 4.74 Å². The van der Waals surface area contributed by atoms with E-state index in [9.17, 15) is 4.79 Å². The number of ether oxygens (including phenoxy) is 1. The zero-order valence-corrected chi connectivity index (χ0v) is 11.4. The number of methoxy groups -OCH3 is 1. The highest BCUT2D eigenvalue weighted by Crippen LogP contribution is 2.22. The molecule has 102 valence electrons. The van der Waals surface area contributed by atoms with Crippen LogP contribution in [0.3, 0.4) is 0 Å². The largest absolute Gasteiger partial charge is 0.496 e. The summed E-state index contributed by atoms with van der Waals surface area (Å²) in [6.45, 7) is 4.26. The van der Waals surface area contributed by atoms with E-state index in [0.717, 1.165) is 5.56 Å². The van der Waals surface area contributed by atoms with Crippen LogP contribution in [0.4, 0.5) is 0 Å². The lowest BCUT2D eigenvalue weighted by Crippen LogP contribution is -2.35. The van der Waals surface area contributed by atoms with Crippen molar-refractivity contribution in [3.63, 3.8) is 0 Å². The van der Waals surface area contributed by atoms with Gasteiger partial charge in [0.05, 0.1) is 25.3 Å². The number of hydrogen-bond donors (Lipinski definition) is 1. The second-order valence-corrected chi connectivity index (χ2v) is 4.53. The Morgan fingerprint density at radius 1 is 1.53 bits per heavy atom. The van der Waals surface area contributed by atoms with E-state index in [2.05, 4.69) is 6.07 Å². The Balaban J connectivity index is 3.00. The van der Waals surface area contributed by atoms with E-state index in [4.69, 9.17) is 15.1 Å². The monoisotopic (exact) mass is 262 g/mol. The van der Waals surface area contributed by atoms with Gasteiger partial charge in [-0.25, -0.2) is 0 Å². The van der Waals surface area contributed by atoms with Gasteiger partial charge in [0.1, 0.15) is 5.75 Å². The highest BCUT2D eigenvalue weighted by atomic mass is 16.5. The van der Waals surface area contributed by atoms with Crippen LogP contribution in [0.25, 0.3) is 0 Å². The molecule has 0 heterocycles. The first kappa shape index (κ1) is 15.0.